The fourth-order valence-corrected chi connectivity index (χ4v) is 5.53. The second-order valence-electron chi connectivity index (χ2n) is 7.90. The number of benzene rings is 2. The predicted molar refractivity (Wildman–Crippen MR) is 112 cm³/mol. The van der Waals surface area contributed by atoms with Gasteiger partial charge in [-0.1, -0.05) is 37.3 Å². The lowest BCUT2D eigenvalue weighted by atomic mass is 10.1. The van der Waals surface area contributed by atoms with Gasteiger partial charge in [-0.2, -0.15) is 4.31 Å². The number of carbonyl (C=O) groups is 1. The second kappa shape index (κ2) is 8.59. The van der Waals surface area contributed by atoms with E-state index in [1.54, 1.807) is 12.1 Å². The smallest absolute Gasteiger partial charge is 0.243 e. The number of hydrogen-bond acceptors (Lipinski definition) is 4. The molecule has 0 aliphatic carbocycles. The molecule has 2 atom stereocenters. The first-order valence-corrected chi connectivity index (χ1v) is 11.2. The monoisotopic (exact) mass is 403 g/mol. The zero-order chi connectivity index (χ0) is 20.3. The summed E-state index contributed by atoms with van der Waals surface area (Å²) in [5.74, 6) is 0.0957. The fraction of sp³-hybridized carbons (Fsp3) is 0.476. The molecule has 28 heavy (non-hydrogen) atoms. The summed E-state index contributed by atoms with van der Waals surface area (Å²) < 4.78 is 27.8. The van der Waals surface area contributed by atoms with Gasteiger partial charge in [-0.3, -0.25) is 4.79 Å². The van der Waals surface area contributed by atoms with Crippen LogP contribution in [0.25, 0.3) is 10.8 Å². The van der Waals surface area contributed by atoms with Crippen molar-refractivity contribution < 1.29 is 13.2 Å². The van der Waals surface area contributed by atoms with Crippen LogP contribution in [0, 0.1) is 5.92 Å². The van der Waals surface area contributed by atoms with Crippen LogP contribution in [0.5, 0.6) is 0 Å². The third-order valence-electron chi connectivity index (χ3n) is 5.14. The maximum atomic E-state index is 13.2. The van der Waals surface area contributed by atoms with Crippen molar-refractivity contribution in [1.82, 2.24) is 14.5 Å². The van der Waals surface area contributed by atoms with Crippen LogP contribution in [-0.4, -0.2) is 63.3 Å². The van der Waals surface area contributed by atoms with Crippen LogP contribution < -0.4 is 5.32 Å². The molecule has 0 bridgehead atoms. The Morgan fingerprint density at radius 2 is 1.93 bits per heavy atom. The Morgan fingerprint density at radius 3 is 2.64 bits per heavy atom. The Bertz CT molecular complexity index is 943. The molecule has 0 unspecified atom stereocenters. The highest BCUT2D eigenvalue weighted by atomic mass is 32.2. The molecule has 1 aliphatic rings. The first-order valence-electron chi connectivity index (χ1n) is 9.72. The predicted octanol–water partition coefficient (Wildman–Crippen LogP) is 2.31. The lowest BCUT2D eigenvalue weighted by Crippen LogP contribution is -2.47. The van der Waals surface area contributed by atoms with Crippen molar-refractivity contribution in [2.75, 3.05) is 33.7 Å². The number of fused-ring (bicyclic) bond motifs is 1. The SMILES string of the molecule is C[C@H](CNC(=O)[C@H]1CCCN1S(=O)(=O)c1ccc2ccccc2c1)CN(C)C. The highest BCUT2D eigenvalue weighted by molar-refractivity contribution is 7.89. The molecular weight excluding hydrogens is 374 g/mol. The minimum absolute atomic E-state index is 0.201. The Balaban J connectivity index is 1.75. The summed E-state index contributed by atoms with van der Waals surface area (Å²) in [5, 5.41) is 4.81. The molecule has 1 fully saturated rings. The summed E-state index contributed by atoms with van der Waals surface area (Å²) in [4.78, 5) is 15.0. The molecule has 1 heterocycles. The molecule has 152 valence electrons. The van der Waals surface area contributed by atoms with E-state index >= 15 is 0 Å². The molecule has 0 spiro atoms. The molecule has 0 saturated carbocycles. The molecule has 7 heteroatoms. The molecule has 6 nitrogen and oxygen atoms in total. The van der Waals surface area contributed by atoms with Crippen LogP contribution in [0.15, 0.2) is 47.4 Å². The van der Waals surface area contributed by atoms with Crippen LogP contribution in [-0.2, 0) is 14.8 Å². The van der Waals surface area contributed by atoms with E-state index in [4.69, 9.17) is 0 Å². The molecule has 0 radical (unpaired) electrons. The van der Waals surface area contributed by atoms with Crippen LogP contribution >= 0.6 is 0 Å². The van der Waals surface area contributed by atoms with Gasteiger partial charge in [-0.05, 0) is 55.8 Å². The first-order chi connectivity index (χ1) is 13.3. The fourth-order valence-electron chi connectivity index (χ4n) is 3.83. The maximum Gasteiger partial charge on any atom is 0.243 e. The minimum Gasteiger partial charge on any atom is -0.354 e. The van der Waals surface area contributed by atoms with Crippen LogP contribution in [0.4, 0.5) is 0 Å². The van der Waals surface area contributed by atoms with Gasteiger partial charge < -0.3 is 10.2 Å². The second-order valence-corrected chi connectivity index (χ2v) is 9.79. The molecule has 2 aromatic rings. The highest BCUT2D eigenvalue weighted by Gasteiger charge is 2.39. The van der Waals surface area contributed by atoms with Gasteiger partial charge in [0.2, 0.25) is 15.9 Å². The molecular formula is C21H29N3O3S. The third-order valence-corrected chi connectivity index (χ3v) is 7.04. The number of carbonyl (C=O) groups excluding carboxylic acids is 1. The highest BCUT2D eigenvalue weighted by Crippen LogP contribution is 2.28. The number of sulfonamides is 1. The Kier molecular flexibility index (Phi) is 6.37. The van der Waals surface area contributed by atoms with Crippen LogP contribution in [0.2, 0.25) is 0 Å². The molecule has 1 amide bonds. The van der Waals surface area contributed by atoms with Gasteiger partial charge in [-0.25, -0.2) is 8.42 Å². The van der Waals surface area contributed by atoms with E-state index in [1.165, 1.54) is 4.31 Å². The average Bonchev–Trinajstić information content (AvgIpc) is 3.16. The molecule has 3 rings (SSSR count). The maximum absolute atomic E-state index is 13.2. The third kappa shape index (κ3) is 4.54. The zero-order valence-corrected chi connectivity index (χ0v) is 17.6. The zero-order valence-electron chi connectivity index (χ0n) is 16.8. The number of hydrogen-bond donors (Lipinski definition) is 1. The van der Waals surface area contributed by atoms with Crippen molar-refractivity contribution in [3.63, 3.8) is 0 Å². The van der Waals surface area contributed by atoms with Gasteiger partial charge >= 0.3 is 0 Å². The first kappa shape index (κ1) is 20.8. The van der Waals surface area contributed by atoms with E-state index in [9.17, 15) is 13.2 Å². The molecule has 1 N–H and O–H groups in total. The van der Waals surface area contributed by atoms with Gasteiger partial charge in [-0.15, -0.1) is 0 Å². The summed E-state index contributed by atoms with van der Waals surface area (Å²) >= 11 is 0. The van der Waals surface area contributed by atoms with Crippen LogP contribution in [0.1, 0.15) is 19.8 Å². The molecule has 1 aliphatic heterocycles. The molecule has 2 aromatic carbocycles. The normalized spacial score (nSPS) is 19.2. The quantitative estimate of drug-likeness (QED) is 0.770. The van der Waals surface area contributed by atoms with E-state index in [0.29, 0.717) is 31.8 Å². The van der Waals surface area contributed by atoms with Crippen molar-refractivity contribution in [1.29, 1.82) is 0 Å². The number of nitrogens with zero attached hydrogens (tertiary/aromatic N) is 2. The number of amides is 1. The van der Waals surface area contributed by atoms with Gasteiger partial charge in [0.15, 0.2) is 0 Å². The largest absolute Gasteiger partial charge is 0.354 e. The summed E-state index contributed by atoms with van der Waals surface area (Å²) in [6, 6.07) is 12.2. The van der Waals surface area contributed by atoms with Crippen molar-refractivity contribution in [2.24, 2.45) is 5.92 Å². The van der Waals surface area contributed by atoms with E-state index in [-0.39, 0.29) is 10.8 Å². The topological polar surface area (TPSA) is 69.7 Å². The van der Waals surface area contributed by atoms with E-state index in [1.807, 2.05) is 44.4 Å². The standard InChI is InChI=1S/C21H29N3O3S/c1-16(15-23(2)3)14-22-21(25)20-9-6-12-24(20)28(26,27)19-11-10-17-7-4-5-8-18(17)13-19/h4-5,7-8,10-11,13,16,20H,6,9,12,14-15H2,1-3H3,(H,22,25)/t16-,20-/m1/s1. The van der Waals surface area contributed by atoms with E-state index < -0.39 is 16.1 Å². The molecule has 1 saturated heterocycles. The lowest BCUT2D eigenvalue weighted by molar-refractivity contribution is -0.124. The summed E-state index contributed by atoms with van der Waals surface area (Å²) in [6.45, 7) is 3.85. The van der Waals surface area contributed by atoms with Crippen molar-refractivity contribution in [3.8, 4) is 0 Å². The van der Waals surface area contributed by atoms with Crippen molar-refractivity contribution in [3.05, 3.63) is 42.5 Å². The molecule has 0 aromatic heterocycles. The van der Waals surface area contributed by atoms with E-state index in [0.717, 1.165) is 17.3 Å². The Hall–Kier alpha value is -1.96. The average molecular weight is 404 g/mol. The van der Waals surface area contributed by atoms with E-state index in [2.05, 4.69) is 17.1 Å². The van der Waals surface area contributed by atoms with Crippen molar-refractivity contribution in [2.45, 2.75) is 30.7 Å². The summed E-state index contributed by atoms with van der Waals surface area (Å²) in [7, 11) is 0.269. The number of rotatable bonds is 7. The van der Waals surface area contributed by atoms with Gasteiger partial charge in [0, 0.05) is 19.6 Å². The lowest BCUT2D eigenvalue weighted by Gasteiger charge is -2.24. The Labute approximate surface area is 167 Å². The number of nitrogens with one attached hydrogen (secondary N) is 1. The van der Waals surface area contributed by atoms with Gasteiger partial charge in [0.1, 0.15) is 6.04 Å². The Morgan fingerprint density at radius 1 is 1.21 bits per heavy atom. The minimum atomic E-state index is -3.72. The summed E-state index contributed by atoms with van der Waals surface area (Å²) in [5.41, 5.74) is 0. The van der Waals surface area contributed by atoms with Gasteiger partial charge in [0.05, 0.1) is 4.90 Å². The van der Waals surface area contributed by atoms with Gasteiger partial charge in [0.25, 0.3) is 0 Å². The summed E-state index contributed by atoms with van der Waals surface area (Å²) in [6.07, 6.45) is 1.25. The van der Waals surface area contributed by atoms with Crippen LogP contribution in [0.3, 0.4) is 0 Å². The van der Waals surface area contributed by atoms with Crippen molar-refractivity contribution >= 4 is 26.7 Å².